The molecular weight excluding hydrogens is 305 g/mol. The third-order valence-corrected chi connectivity index (χ3v) is 3.18. The van der Waals surface area contributed by atoms with E-state index in [0.717, 1.165) is 10.2 Å². The van der Waals surface area contributed by atoms with Gasteiger partial charge in [0.1, 0.15) is 11.9 Å². The van der Waals surface area contributed by atoms with E-state index in [9.17, 15) is 5.11 Å². The lowest BCUT2D eigenvalue weighted by Gasteiger charge is -2.12. The summed E-state index contributed by atoms with van der Waals surface area (Å²) >= 11 is 9.23. The van der Waals surface area contributed by atoms with Crippen LogP contribution in [0, 0.1) is 0 Å². The fourth-order valence-corrected chi connectivity index (χ4v) is 2.24. The Labute approximate surface area is 113 Å². The number of anilines is 1. The van der Waals surface area contributed by atoms with Crippen molar-refractivity contribution in [2.45, 2.75) is 6.10 Å². The fourth-order valence-electron chi connectivity index (χ4n) is 1.42. The van der Waals surface area contributed by atoms with Gasteiger partial charge < -0.3 is 14.8 Å². The first kappa shape index (κ1) is 12.5. The molecule has 1 aromatic carbocycles. The normalized spacial score (nSPS) is 12.4. The van der Waals surface area contributed by atoms with Crippen molar-refractivity contribution in [3.63, 3.8) is 0 Å². The standard InChI is InChI=1S/C12H11BrClNO2/c13-9-6-8(14)3-4-10(9)15-7-11(16)12-2-1-5-17-12/h1-6,11,15-16H,7H2. The van der Waals surface area contributed by atoms with E-state index in [2.05, 4.69) is 21.2 Å². The van der Waals surface area contributed by atoms with Gasteiger partial charge in [0.15, 0.2) is 0 Å². The van der Waals surface area contributed by atoms with Crippen LogP contribution in [0.1, 0.15) is 11.9 Å². The van der Waals surface area contributed by atoms with Crippen molar-refractivity contribution in [1.29, 1.82) is 0 Å². The molecule has 0 bridgehead atoms. The van der Waals surface area contributed by atoms with Crippen LogP contribution in [-0.2, 0) is 0 Å². The third-order valence-electron chi connectivity index (χ3n) is 2.29. The summed E-state index contributed by atoms with van der Waals surface area (Å²) in [6, 6.07) is 8.92. The van der Waals surface area contributed by atoms with Crippen molar-refractivity contribution in [1.82, 2.24) is 0 Å². The second kappa shape index (κ2) is 5.58. The van der Waals surface area contributed by atoms with Crippen molar-refractivity contribution < 1.29 is 9.52 Å². The Morgan fingerprint density at radius 3 is 2.88 bits per heavy atom. The summed E-state index contributed by atoms with van der Waals surface area (Å²) in [5, 5.41) is 13.6. The lowest BCUT2D eigenvalue weighted by molar-refractivity contribution is 0.162. The highest BCUT2D eigenvalue weighted by Gasteiger charge is 2.10. The van der Waals surface area contributed by atoms with Gasteiger partial charge in [-0.2, -0.15) is 0 Å². The molecule has 0 aliphatic carbocycles. The van der Waals surface area contributed by atoms with Crippen LogP contribution in [0.4, 0.5) is 5.69 Å². The van der Waals surface area contributed by atoms with Gasteiger partial charge in [0.25, 0.3) is 0 Å². The van der Waals surface area contributed by atoms with E-state index in [-0.39, 0.29) is 0 Å². The number of hydrogen-bond acceptors (Lipinski definition) is 3. The Morgan fingerprint density at radius 1 is 1.41 bits per heavy atom. The molecule has 1 unspecified atom stereocenters. The summed E-state index contributed by atoms with van der Waals surface area (Å²) in [7, 11) is 0. The number of rotatable bonds is 4. The van der Waals surface area contributed by atoms with Gasteiger partial charge in [0.2, 0.25) is 0 Å². The molecule has 0 spiro atoms. The number of aliphatic hydroxyl groups is 1. The van der Waals surface area contributed by atoms with E-state index in [0.29, 0.717) is 17.3 Å². The Morgan fingerprint density at radius 2 is 2.24 bits per heavy atom. The lowest BCUT2D eigenvalue weighted by Crippen LogP contribution is -2.11. The van der Waals surface area contributed by atoms with E-state index < -0.39 is 6.10 Å². The zero-order chi connectivity index (χ0) is 12.3. The molecule has 90 valence electrons. The first-order valence-electron chi connectivity index (χ1n) is 5.07. The molecule has 0 aliphatic heterocycles. The van der Waals surface area contributed by atoms with Crippen LogP contribution < -0.4 is 5.32 Å². The van der Waals surface area contributed by atoms with Crippen LogP contribution in [0.5, 0.6) is 0 Å². The topological polar surface area (TPSA) is 45.4 Å². The minimum Gasteiger partial charge on any atom is -0.467 e. The van der Waals surface area contributed by atoms with Crippen molar-refractivity contribution in [2.75, 3.05) is 11.9 Å². The molecule has 0 fully saturated rings. The number of nitrogens with one attached hydrogen (secondary N) is 1. The fraction of sp³-hybridized carbons (Fsp3) is 0.167. The van der Waals surface area contributed by atoms with Gasteiger partial charge in [-0.05, 0) is 46.3 Å². The molecule has 2 rings (SSSR count). The number of aliphatic hydroxyl groups excluding tert-OH is 1. The largest absolute Gasteiger partial charge is 0.467 e. The van der Waals surface area contributed by atoms with Crippen molar-refractivity contribution in [2.24, 2.45) is 0 Å². The second-order valence-corrected chi connectivity index (χ2v) is 4.83. The Kier molecular flexibility index (Phi) is 4.10. The van der Waals surface area contributed by atoms with E-state index in [4.69, 9.17) is 16.0 Å². The van der Waals surface area contributed by atoms with Crippen LogP contribution in [-0.4, -0.2) is 11.7 Å². The molecule has 5 heteroatoms. The molecule has 1 heterocycles. The van der Waals surface area contributed by atoms with Crippen molar-refractivity contribution in [3.05, 3.63) is 51.9 Å². The first-order valence-corrected chi connectivity index (χ1v) is 6.24. The minimum absolute atomic E-state index is 0.369. The number of furan rings is 1. The van der Waals surface area contributed by atoms with E-state index in [1.807, 2.05) is 6.07 Å². The highest BCUT2D eigenvalue weighted by molar-refractivity contribution is 9.10. The smallest absolute Gasteiger partial charge is 0.134 e. The van der Waals surface area contributed by atoms with Gasteiger partial charge in [-0.3, -0.25) is 0 Å². The minimum atomic E-state index is -0.674. The van der Waals surface area contributed by atoms with Crippen LogP contribution in [0.25, 0.3) is 0 Å². The van der Waals surface area contributed by atoms with Crippen molar-refractivity contribution >= 4 is 33.2 Å². The van der Waals surface area contributed by atoms with Gasteiger partial charge >= 0.3 is 0 Å². The monoisotopic (exact) mass is 315 g/mol. The van der Waals surface area contributed by atoms with Gasteiger partial charge in [0.05, 0.1) is 6.26 Å². The molecule has 1 aromatic heterocycles. The average Bonchev–Trinajstić information content (AvgIpc) is 2.81. The maximum Gasteiger partial charge on any atom is 0.134 e. The van der Waals surface area contributed by atoms with Crippen LogP contribution in [0.3, 0.4) is 0 Å². The second-order valence-electron chi connectivity index (χ2n) is 3.54. The zero-order valence-corrected chi connectivity index (χ0v) is 11.2. The molecular formula is C12H11BrClNO2. The molecule has 17 heavy (non-hydrogen) atoms. The Hall–Kier alpha value is -0.970. The third kappa shape index (κ3) is 3.25. The van der Waals surface area contributed by atoms with Crippen LogP contribution in [0.15, 0.2) is 45.5 Å². The SMILES string of the molecule is OC(CNc1ccc(Cl)cc1Br)c1ccco1. The summed E-state index contributed by atoms with van der Waals surface area (Å²) in [5.41, 5.74) is 0.875. The Balaban J connectivity index is 1.98. The van der Waals surface area contributed by atoms with Gasteiger partial charge in [0, 0.05) is 21.7 Å². The summed E-state index contributed by atoms with van der Waals surface area (Å²) < 4.78 is 5.97. The van der Waals surface area contributed by atoms with E-state index in [1.165, 1.54) is 6.26 Å². The highest BCUT2D eigenvalue weighted by atomic mass is 79.9. The highest BCUT2D eigenvalue weighted by Crippen LogP contribution is 2.26. The van der Waals surface area contributed by atoms with Gasteiger partial charge in [-0.25, -0.2) is 0 Å². The maximum atomic E-state index is 9.82. The quantitative estimate of drug-likeness (QED) is 0.901. The average molecular weight is 317 g/mol. The Bertz CT molecular complexity index is 487. The summed E-state index contributed by atoms with van der Waals surface area (Å²) in [6.07, 6.45) is 0.865. The zero-order valence-electron chi connectivity index (χ0n) is 8.86. The summed E-state index contributed by atoms with van der Waals surface area (Å²) in [5.74, 6) is 0.544. The van der Waals surface area contributed by atoms with Crippen LogP contribution >= 0.6 is 27.5 Å². The lowest BCUT2D eigenvalue weighted by atomic mass is 10.2. The van der Waals surface area contributed by atoms with E-state index in [1.54, 1.807) is 24.3 Å². The summed E-state index contributed by atoms with van der Waals surface area (Å²) in [6.45, 7) is 0.369. The van der Waals surface area contributed by atoms with Crippen molar-refractivity contribution in [3.8, 4) is 0 Å². The number of halogens is 2. The van der Waals surface area contributed by atoms with Gasteiger partial charge in [-0.1, -0.05) is 11.6 Å². The molecule has 2 aromatic rings. The molecule has 0 radical (unpaired) electrons. The first-order chi connectivity index (χ1) is 8.16. The van der Waals surface area contributed by atoms with E-state index >= 15 is 0 Å². The molecule has 2 N–H and O–H groups in total. The molecule has 0 amide bonds. The predicted octanol–water partition coefficient (Wildman–Crippen LogP) is 3.84. The number of benzene rings is 1. The maximum absolute atomic E-state index is 9.82. The molecule has 0 aliphatic rings. The molecule has 0 saturated heterocycles. The summed E-state index contributed by atoms with van der Waals surface area (Å²) in [4.78, 5) is 0. The van der Waals surface area contributed by atoms with Crippen LogP contribution in [0.2, 0.25) is 5.02 Å². The number of hydrogen-bond donors (Lipinski definition) is 2. The molecule has 3 nitrogen and oxygen atoms in total. The molecule has 1 atom stereocenters. The molecule has 0 saturated carbocycles. The van der Waals surface area contributed by atoms with Gasteiger partial charge in [-0.15, -0.1) is 0 Å². The predicted molar refractivity (Wildman–Crippen MR) is 71.3 cm³/mol.